The Morgan fingerprint density at radius 3 is 2.88 bits per heavy atom. The van der Waals surface area contributed by atoms with Gasteiger partial charge in [0.25, 0.3) is 0 Å². The molecule has 2 fully saturated rings. The van der Waals surface area contributed by atoms with Gasteiger partial charge in [0.1, 0.15) is 6.10 Å². The summed E-state index contributed by atoms with van der Waals surface area (Å²) in [5.41, 5.74) is 1.03. The second kappa shape index (κ2) is 6.64. The van der Waals surface area contributed by atoms with Crippen molar-refractivity contribution in [3.8, 4) is 0 Å². The first-order valence-electron chi connectivity index (χ1n) is 9.23. The Balaban J connectivity index is 1.90. The first-order chi connectivity index (χ1) is 11.3. The van der Waals surface area contributed by atoms with Crippen LogP contribution in [0.1, 0.15) is 59.3 Å². The average molecular weight is 334 g/mol. The molecule has 0 saturated carbocycles. The van der Waals surface area contributed by atoms with E-state index in [2.05, 4.69) is 26.5 Å². The Labute approximate surface area is 144 Å². The number of aliphatic hydroxyl groups is 1. The molecule has 24 heavy (non-hydrogen) atoms. The predicted octanol–water partition coefficient (Wildman–Crippen LogP) is 3.54. The van der Waals surface area contributed by atoms with Crippen LogP contribution in [0.15, 0.2) is 23.8 Å². The van der Waals surface area contributed by atoms with Gasteiger partial charge in [-0.2, -0.15) is 0 Å². The van der Waals surface area contributed by atoms with Crippen LogP contribution in [0.4, 0.5) is 0 Å². The Morgan fingerprint density at radius 1 is 1.38 bits per heavy atom. The lowest BCUT2D eigenvalue weighted by atomic mass is 9.76. The number of hydrogen-bond acceptors (Lipinski definition) is 4. The van der Waals surface area contributed by atoms with Crippen LogP contribution in [0, 0.1) is 11.8 Å². The maximum Gasteiger partial charge on any atom is 0.334 e. The van der Waals surface area contributed by atoms with Crippen LogP contribution >= 0.6 is 0 Å². The van der Waals surface area contributed by atoms with Crippen molar-refractivity contribution in [2.75, 3.05) is 0 Å². The minimum Gasteiger partial charge on any atom is -0.456 e. The third kappa shape index (κ3) is 3.31. The molecule has 2 bridgehead atoms. The molecule has 0 spiro atoms. The van der Waals surface area contributed by atoms with Crippen molar-refractivity contribution in [2.24, 2.45) is 11.8 Å². The van der Waals surface area contributed by atoms with Crippen molar-refractivity contribution in [2.45, 2.75) is 83.2 Å². The predicted molar refractivity (Wildman–Crippen MR) is 92.4 cm³/mol. The molecule has 0 aromatic carbocycles. The van der Waals surface area contributed by atoms with Gasteiger partial charge in [-0.05, 0) is 58.3 Å². The number of rotatable bonds is 0. The highest BCUT2D eigenvalue weighted by atomic mass is 16.6. The summed E-state index contributed by atoms with van der Waals surface area (Å²) in [5, 5.41) is 11.0. The van der Waals surface area contributed by atoms with Gasteiger partial charge in [-0.25, -0.2) is 4.79 Å². The van der Waals surface area contributed by atoms with E-state index in [-0.39, 0.29) is 36.1 Å². The molecular formula is C20H30O4. The summed E-state index contributed by atoms with van der Waals surface area (Å²) >= 11 is 0. The Bertz CT molecular complexity index is 548. The van der Waals surface area contributed by atoms with E-state index in [1.165, 1.54) is 5.57 Å². The van der Waals surface area contributed by atoms with E-state index in [0.717, 1.165) is 25.7 Å². The SMILES string of the molecule is C=C1C(=O)O[C@H]2[C@@H]3O[C@H](C[C@@H]12)C(C)(O)CC/C=C(\C)CCC[C@@H]3C. The Hall–Kier alpha value is -1.13. The standard InChI is InChI=1S/C20H30O4/c1-12-7-5-9-13(2)17-18-15(14(3)19(21)24-18)11-16(23-17)20(4,22)10-6-8-12/h8,13,15-18,22H,3,5-7,9-11H2,1-2,4H3/b12-8+/t13-,15-,16+,17+,18+,20?/m0/s1. The molecule has 1 unspecified atom stereocenters. The molecule has 6 atom stereocenters. The zero-order valence-corrected chi connectivity index (χ0v) is 15.1. The van der Waals surface area contributed by atoms with Gasteiger partial charge in [0, 0.05) is 11.5 Å². The summed E-state index contributed by atoms with van der Waals surface area (Å²) in [7, 11) is 0. The molecule has 3 aliphatic heterocycles. The molecule has 3 aliphatic rings. The number of allylic oxidation sites excluding steroid dienone is 2. The lowest BCUT2D eigenvalue weighted by Gasteiger charge is -2.45. The van der Waals surface area contributed by atoms with Crippen LogP contribution < -0.4 is 0 Å². The maximum absolute atomic E-state index is 12.0. The lowest BCUT2D eigenvalue weighted by Crippen LogP contribution is -2.54. The van der Waals surface area contributed by atoms with Gasteiger partial charge < -0.3 is 14.6 Å². The second-order valence-corrected chi connectivity index (χ2v) is 8.14. The summed E-state index contributed by atoms with van der Waals surface area (Å²) in [6.07, 6.45) is 6.87. The third-order valence-electron chi connectivity index (χ3n) is 6.09. The molecule has 0 aromatic rings. The van der Waals surface area contributed by atoms with Crippen molar-refractivity contribution < 1.29 is 19.4 Å². The van der Waals surface area contributed by atoms with Gasteiger partial charge in [0.2, 0.25) is 0 Å². The molecule has 3 rings (SSSR count). The minimum atomic E-state index is -0.912. The molecule has 0 radical (unpaired) electrons. The fourth-order valence-corrected chi connectivity index (χ4v) is 4.36. The van der Waals surface area contributed by atoms with E-state index in [4.69, 9.17) is 9.47 Å². The first kappa shape index (κ1) is 17.7. The quantitative estimate of drug-likeness (QED) is 0.418. The van der Waals surface area contributed by atoms with Gasteiger partial charge in [-0.15, -0.1) is 0 Å². The minimum absolute atomic E-state index is 0.0320. The van der Waals surface area contributed by atoms with Crippen LogP contribution in [0.5, 0.6) is 0 Å². The van der Waals surface area contributed by atoms with Crippen molar-refractivity contribution in [1.29, 1.82) is 0 Å². The van der Waals surface area contributed by atoms with Gasteiger partial charge in [-0.1, -0.05) is 25.2 Å². The zero-order chi connectivity index (χ0) is 17.5. The number of esters is 1. The average Bonchev–Trinajstić information content (AvgIpc) is 2.80. The summed E-state index contributed by atoms with van der Waals surface area (Å²) in [5.74, 6) is -0.0506. The fourth-order valence-electron chi connectivity index (χ4n) is 4.36. The summed E-state index contributed by atoms with van der Waals surface area (Å²) in [6, 6.07) is 0. The molecule has 134 valence electrons. The maximum atomic E-state index is 12.0. The first-order valence-corrected chi connectivity index (χ1v) is 9.23. The van der Waals surface area contributed by atoms with Crippen LogP contribution in [-0.2, 0) is 14.3 Å². The second-order valence-electron chi connectivity index (χ2n) is 8.14. The van der Waals surface area contributed by atoms with E-state index >= 15 is 0 Å². The van der Waals surface area contributed by atoms with Crippen molar-refractivity contribution in [3.63, 3.8) is 0 Å². The highest BCUT2D eigenvalue weighted by Crippen LogP contribution is 2.44. The monoisotopic (exact) mass is 334 g/mol. The number of carbonyl (C=O) groups is 1. The van der Waals surface area contributed by atoms with E-state index in [1.807, 2.05) is 6.92 Å². The van der Waals surface area contributed by atoms with E-state index < -0.39 is 5.60 Å². The Kier molecular flexibility index (Phi) is 4.89. The van der Waals surface area contributed by atoms with Gasteiger partial charge in [0.15, 0.2) is 0 Å². The van der Waals surface area contributed by atoms with Gasteiger partial charge >= 0.3 is 5.97 Å². The number of ether oxygens (including phenoxy) is 2. The van der Waals surface area contributed by atoms with Crippen molar-refractivity contribution in [3.05, 3.63) is 23.8 Å². The Morgan fingerprint density at radius 2 is 2.12 bits per heavy atom. The van der Waals surface area contributed by atoms with Crippen LogP contribution in [0.3, 0.4) is 0 Å². The molecule has 3 heterocycles. The zero-order valence-electron chi connectivity index (χ0n) is 15.1. The fraction of sp³-hybridized carbons (Fsp3) is 0.750. The van der Waals surface area contributed by atoms with E-state index in [1.54, 1.807) is 0 Å². The van der Waals surface area contributed by atoms with Crippen molar-refractivity contribution >= 4 is 5.97 Å². The smallest absolute Gasteiger partial charge is 0.334 e. The molecule has 1 N–H and O–H groups in total. The van der Waals surface area contributed by atoms with Gasteiger partial charge in [0.05, 0.1) is 17.8 Å². The summed E-state index contributed by atoms with van der Waals surface area (Å²) in [4.78, 5) is 12.0. The van der Waals surface area contributed by atoms with Crippen LogP contribution in [0.25, 0.3) is 0 Å². The summed E-state index contributed by atoms with van der Waals surface area (Å²) in [6.45, 7) is 10.1. The number of fused-ring (bicyclic) bond motifs is 4. The molecule has 4 heteroatoms. The molecule has 0 aliphatic carbocycles. The van der Waals surface area contributed by atoms with E-state index in [0.29, 0.717) is 18.4 Å². The largest absolute Gasteiger partial charge is 0.456 e. The van der Waals surface area contributed by atoms with E-state index in [9.17, 15) is 9.90 Å². The van der Waals surface area contributed by atoms with Crippen LogP contribution in [-0.4, -0.2) is 35.0 Å². The van der Waals surface area contributed by atoms with Crippen LogP contribution in [0.2, 0.25) is 0 Å². The molecule has 0 aromatic heterocycles. The van der Waals surface area contributed by atoms with Gasteiger partial charge in [-0.3, -0.25) is 0 Å². The number of hydrogen-bond donors (Lipinski definition) is 1. The third-order valence-corrected chi connectivity index (χ3v) is 6.09. The summed E-state index contributed by atoms with van der Waals surface area (Å²) < 4.78 is 11.9. The topological polar surface area (TPSA) is 55.8 Å². The lowest BCUT2D eigenvalue weighted by molar-refractivity contribution is -0.208. The normalized spacial score (nSPS) is 46.2. The molecule has 4 nitrogen and oxygen atoms in total. The molecular weight excluding hydrogens is 304 g/mol. The highest BCUT2D eigenvalue weighted by molar-refractivity contribution is 5.90. The number of carbonyl (C=O) groups excluding carboxylic acids is 1. The molecule has 2 saturated heterocycles. The highest BCUT2D eigenvalue weighted by Gasteiger charge is 2.53. The van der Waals surface area contributed by atoms with Crippen molar-refractivity contribution in [1.82, 2.24) is 0 Å². The molecule has 0 amide bonds.